The van der Waals surface area contributed by atoms with Crippen molar-refractivity contribution in [1.29, 1.82) is 0 Å². The van der Waals surface area contributed by atoms with E-state index in [0.29, 0.717) is 23.9 Å². The van der Waals surface area contributed by atoms with Crippen molar-refractivity contribution in [3.05, 3.63) is 71.3 Å². The predicted molar refractivity (Wildman–Crippen MR) is 125 cm³/mol. The van der Waals surface area contributed by atoms with Gasteiger partial charge in [0, 0.05) is 24.5 Å². The van der Waals surface area contributed by atoms with Crippen molar-refractivity contribution in [2.24, 2.45) is 0 Å². The van der Waals surface area contributed by atoms with Crippen LogP contribution in [0.15, 0.2) is 54.6 Å². The molecule has 0 saturated heterocycles. The smallest absolute Gasteiger partial charge is 0.133 e. The first-order valence-electron chi connectivity index (χ1n) is 10.8. The number of hydrogen-bond acceptors (Lipinski definition) is 6. The lowest BCUT2D eigenvalue weighted by atomic mass is 9.79. The number of aryl methyl sites for hydroxylation is 1. The number of carbonyl (C=O) groups is 1. The Morgan fingerprint density at radius 1 is 1.03 bits per heavy atom. The summed E-state index contributed by atoms with van der Waals surface area (Å²) in [5.74, 6) is 2.40. The monoisotopic (exact) mass is 448 g/mol. The molecule has 0 N–H and O–H groups in total. The lowest BCUT2D eigenvalue weighted by molar-refractivity contribution is -0.108. The summed E-state index contributed by atoms with van der Waals surface area (Å²) in [5, 5.41) is 0. The second-order valence-electron chi connectivity index (χ2n) is 7.79. The molecule has 3 aromatic rings. The van der Waals surface area contributed by atoms with Gasteiger partial charge in [-0.1, -0.05) is 11.6 Å². The zero-order valence-corrected chi connectivity index (χ0v) is 19.1. The summed E-state index contributed by atoms with van der Waals surface area (Å²) in [6.45, 7) is 1.28. The lowest BCUT2D eigenvalue weighted by Gasteiger charge is -2.26. The maximum atomic E-state index is 12.2. The second-order valence-corrected chi connectivity index (χ2v) is 7.79. The number of aldehydes is 1. The van der Waals surface area contributed by atoms with Crippen molar-refractivity contribution < 1.29 is 23.7 Å². The summed E-state index contributed by atoms with van der Waals surface area (Å²) < 4.78 is 24.4. The van der Waals surface area contributed by atoms with Crippen molar-refractivity contribution >= 4 is 12.4 Å². The number of hydrogen-bond donors (Lipinski definition) is 0. The molecule has 1 aliphatic rings. The number of allylic oxidation sites excluding steroid dienone is 1. The summed E-state index contributed by atoms with van der Waals surface area (Å²) in [6.07, 6.45) is 10.0. The Bertz CT molecular complexity index is 1110. The van der Waals surface area contributed by atoms with Crippen molar-refractivity contribution in [1.82, 2.24) is 9.55 Å². The van der Waals surface area contributed by atoms with Crippen LogP contribution in [-0.2, 0) is 17.8 Å². The average molecular weight is 449 g/mol. The third-order valence-electron chi connectivity index (χ3n) is 5.93. The molecule has 0 aliphatic heterocycles. The van der Waals surface area contributed by atoms with Crippen molar-refractivity contribution in [2.75, 3.05) is 27.9 Å². The average Bonchev–Trinajstić information content (AvgIpc) is 3.37. The van der Waals surface area contributed by atoms with Gasteiger partial charge in [0.1, 0.15) is 35.9 Å². The lowest BCUT2D eigenvalue weighted by Crippen LogP contribution is -2.15. The fourth-order valence-corrected chi connectivity index (χ4v) is 4.20. The van der Waals surface area contributed by atoms with Crippen LogP contribution in [0.3, 0.4) is 0 Å². The van der Waals surface area contributed by atoms with Crippen LogP contribution in [0.4, 0.5) is 0 Å². The van der Waals surface area contributed by atoms with Crippen LogP contribution in [0.5, 0.6) is 23.0 Å². The zero-order valence-electron chi connectivity index (χ0n) is 19.1. The van der Waals surface area contributed by atoms with Crippen LogP contribution in [0, 0.1) is 0 Å². The van der Waals surface area contributed by atoms with Gasteiger partial charge >= 0.3 is 0 Å². The molecule has 0 saturated carbocycles. The molecule has 1 aromatic heterocycles. The molecule has 1 unspecified atom stereocenters. The molecular formula is C26H28N2O5. The van der Waals surface area contributed by atoms with Gasteiger partial charge in [0.15, 0.2) is 0 Å². The molecule has 2 aromatic carbocycles. The summed E-state index contributed by atoms with van der Waals surface area (Å²) in [4.78, 5) is 16.2. The van der Waals surface area contributed by atoms with E-state index in [9.17, 15) is 4.79 Å². The highest BCUT2D eigenvalue weighted by atomic mass is 16.5. The summed E-state index contributed by atoms with van der Waals surface area (Å²) >= 11 is 0. The van der Waals surface area contributed by atoms with Crippen LogP contribution in [0.1, 0.15) is 29.0 Å². The number of ether oxygens (including phenoxy) is 4. The highest BCUT2D eigenvalue weighted by molar-refractivity contribution is 5.77. The van der Waals surface area contributed by atoms with Crippen LogP contribution >= 0.6 is 0 Å². The molecular weight excluding hydrogens is 420 g/mol. The van der Waals surface area contributed by atoms with Crippen LogP contribution in [-0.4, -0.2) is 43.8 Å². The number of carbonyl (C=O) groups excluding carboxylic acids is 1. The van der Waals surface area contributed by atoms with Gasteiger partial charge in [0.25, 0.3) is 0 Å². The maximum absolute atomic E-state index is 12.2. The van der Waals surface area contributed by atoms with E-state index in [1.807, 2.05) is 47.2 Å². The Hall–Kier alpha value is -3.74. The van der Waals surface area contributed by atoms with Gasteiger partial charge in [-0.25, -0.2) is 4.98 Å². The molecule has 0 fully saturated rings. The zero-order chi connectivity index (χ0) is 23.2. The Balaban J connectivity index is 1.58. The maximum Gasteiger partial charge on any atom is 0.133 e. The minimum atomic E-state index is -0.328. The molecule has 7 nitrogen and oxygen atoms in total. The Kier molecular flexibility index (Phi) is 6.98. The van der Waals surface area contributed by atoms with E-state index in [2.05, 4.69) is 4.98 Å². The minimum absolute atomic E-state index is 0.328. The van der Waals surface area contributed by atoms with E-state index in [0.717, 1.165) is 53.7 Å². The number of aromatic nitrogens is 2. The Morgan fingerprint density at radius 3 is 2.45 bits per heavy atom. The predicted octanol–water partition coefficient (Wildman–Crippen LogP) is 4.30. The minimum Gasteiger partial charge on any atom is -0.496 e. The standard InChI is InChI=1S/C26H28N2O5/c1-30-21-14-25(31-2)23(26(15-21)32-3)13-19-5-4-18-12-20(6-7-22(18)24(19)16-29)33-11-10-28-9-8-27-17-28/h6-9,12-17,24H,4-5,10-11H2,1-3H3/b19-13+. The van der Waals surface area contributed by atoms with E-state index < -0.39 is 0 Å². The van der Waals surface area contributed by atoms with Crippen LogP contribution in [0.2, 0.25) is 0 Å². The fourth-order valence-electron chi connectivity index (χ4n) is 4.20. The van der Waals surface area contributed by atoms with E-state index in [1.54, 1.807) is 33.9 Å². The quantitative estimate of drug-likeness (QED) is 0.455. The molecule has 33 heavy (non-hydrogen) atoms. The number of nitrogens with zero attached hydrogens (tertiary/aromatic N) is 2. The van der Waals surface area contributed by atoms with E-state index in [4.69, 9.17) is 18.9 Å². The third kappa shape index (κ3) is 4.87. The largest absolute Gasteiger partial charge is 0.496 e. The van der Waals surface area contributed by atoms with E-state index >= 15 is 0 Å². The number of benzene rings is 2. The van der Waals surface area contributed by atoms with E-state index in [1.165, 1.54) is 0 Å². The first kappa shape index (κ1) is 22.5. The molecule has 172 valence electrons. The van der Waals surface area contributed by atoms with Crippen LogP contribution in [0.25, 0.3) is 6.08 Å². The highest BCUT2D eigenvalue weighted by Crippen LogP contribution is 2.41. The number of rotatable bonds is 9. The van der Waals surface area contributed by atoms with Gasteiger partial charge in [-0.15, -0.1) is 0 Å². The fraction of sp³-hybridized carbons (Fsp3) is 0.308. The number of fused-ring (bicyclic) bond motifs is 1. The first-order chi connectivity index (χ1) is 16.2. The van der Waals surface area contributed by atoms with Gasteiger partial charge < -0.3 is 28.3 Å². The second kappa shape index (κ2) is 10.3. The van der Waals surface area contributed by atoms with Crippen molar-refractivity contribution in [3.63, 3.8) is 0 Å². The molecule has 0 spiro atoms. The molecule has 0 amide bonds. The molecule has 1 heterocycles. The van der Waals surface area contributed by atoms with Gasteiger partial charge in [-0.3, -0.25) is 0 Å². The molecule has 1 atom stereocenters. The van der Waals surface area contributed by atoms with Crippen molar-refractivity contribution in [3.8, 4) is 23.0 Å². The molecule has 4 rings (SSSR count). The van der Waals surface area contributed by atoms with Gasteiger partial charge in [-0.2, -0.15) is 0 Å². The summed E-state index contributed by atoms with van der Waals surface area (Å²) in [7, 11) is 4.82. The number of methoxy groups -OCH3 is 3. The molecule has 0 bridgehead atoms. The third-order valence-corrected chi connectivity index (χ3v) is 5.93. The van der Waals surface area contributed by atoms with Gasteiger partial charge in [0.2, 0.25) is 0 Å². The van der Waals surface area contributed by atoms with E-state index in [-0.39, 0.29) is 5.92 Å². The topological polar surface area (TPSA) is 71.8 Å². The molecule has 1 aliphatic carbocycles. The first-order valence-corrected chi connectivity index (χ1v) is 10.8. The molecule has 0 radical (unpaired) electrons. The van der Waals surface area contributed by atoms with Gasteiger partial charge in [0.05, 0.1) is 45.7 Å². The summed E-state index contributed by atoms with van der Waals surface area (Å²) in [5.41, 5.74) is 3.97. The normalized spacial score (nSPS) is 16.2. The van der Waals surface area contributed by atoms with Gasteiger partial charge in [-0.05, 0) is 42.2 Å². The Morgan fingerprint density at radius 2 is 1.82 bits per heavy atom. The van der Waals surface area contributed by atoms with Crippen molar-refractivity contribution in [2.45, 2.75) is 25.3 Å². The van der Waals surface area contributed by atoms with Crippen LogP contribution < -0.4 is 18.9 Å². The summed E-state index contributed by atoms with van der Waals surface area (Å²) in [6, 6.07) is 9.60. The Labute approximate surface area is 193 Å². The SMILES string of the molecule is COc1cc(OC)c(/C=C2\CCc3cc(OCCn4ccnc4)ccc3C2C=O)c(OC)c1. The number of imidazole rings is 1. The molecule has 7 heteroatoms. The highest BCUT2D eigenvalue weighted by Gasteiger charge is 2.26.